The van der Waals surface area contributed by atoms with E-state index in [0.29, 0.717) is 0 Å². The summed E-state index contributed by atoms with van der Waals surface area (Å²) in [5.74, 6) is 0. The maximum atomic E-state index is 6.56. The molecule has 0 unspecified atom stereocenters. The molecule has 0 bridgehead atoms. The van der Waals surface area contributed by atoms with Crippen LogP contribution in [0.2, 0.25) is 0 Å². The molecule has 7 rings (SSSR count). The second-order valence-electron chi connectivity index (χ2n) is 7.74. The molecule has 0 saturated heterocycles. The zero-order chi connectivity index (χ0) is 20.4. The highest BCUT2D eigenvalue weighted by Gasteiger charge is 2.19. The fraction of sp³-hybridized carbons (Fsp3) is 0. The van der Waals surface area contributed by atoms with E-state index in [1.807, 2.05) is 0 Å². The first-order valence-electron chi connectivity index (χ1n) is 10.3. The van der Waals surface area contributed by atoms with Crippen molar-refractivity contribution in [2.45, 2.75) is 0 Å². The Hall–Kier alpha value is -3.40. The third-order valence-electron chi connectivity index (χ3n) is 6.06. The lowest BCUT2D eigenvalue weighted by Crippen LogP contribution is -1.82. The monoisotopic (exact) mass is 432 g/mol. The Morgan fingerprint density at radius 3 is 1.35 bits per heavy atom. The molecule has 0 radical (unpaired) electrons. The lowest BCUT2D eigenvalue weighted by atomic mass is 9.94. The molecule has 0 atom stereocenters. The SMILES string of the molecule is c1csc(-c2cc3oc4cc(-c5cccs5)c5ccccc5c4c3c3ccccc23)c1. The number of rotatable bonds is 2. The Balaban J connectivity index is 1.71. The van der Waals surface area contributed by atoms with Crippen LogP contribution in [0, 0.1) is 0 Å². The molecule has 0 saturated carbocycles. The average Bonchev–Trinajstić information content (AvgIpc) is 3.58. The molecule has 146 valence electrons. The number of benzene rings is 4. The smallest absolute Gasteiger partial charge is 0.136 e. The van der Waals surface area contributed by atoms with E-state index in [1.54, 1.807) is 22.7 Å². The van der Waals surface area contributed by atoms with Crippen LogP contribution in [-0.4, -0.2) is 0 Å². The number of fused-ring (bicyclic) bond motifs is 7. The van der Waals surface area contributed by atoms with Crippen LogP contribution in [0.25, 0.3) is 64.4 Å². The van der Waals surface area contributed by atoms with E-state index in [0.717, 1.165) is 11.2 Å². The van der Waals surface area contributed by atoms with Crippen LogP contribution in [-0.2, 0) is 0 Å². The molecular weight excluding hydrogens is 416 g/mol. The number of hydrogen-bond donors (Lipinski definition) is 0. The number of thiophene rings is 2. The molecule has 3 aromatic heterocycles. The van der Waals surface area contributed by atoms with Gasteiger partial charge in [0.05, 0.1) is 0 Å². The van der Waals surface area contributed by atoms with Crippen molar-refractivity contribution in [2.24, 2.45) is 0 Å². The minimum absolute atomic E-state index is 0.950. The van der Waals surface area contributed by atoms with E-state index in [2.05, 4.69) is 95.7 Å². The van der Waals surface area contributed by atoms with Gasteiger partial charge >= 0.3 is 0 Å². The summed E-state index contributed by atoms with van der Waals surface area (Å²) in [7, 11) is 0. The summed E-state index contributed by atoms with van der Waals surface area (Å²) in [5, 5.41) is 11.7. The average molecular weight is 433 g/mol. The van der Waals surface area contributed by atoms with Gasteiger partial charge in [-0.3, -0.25) is 0 Å². The van der Waals surface area contributed by atoms with E-state index in [4.69, 9.17) is 4.42 Å². The minimum Gasteiger partial charge on any atom is -0.456 e. The van der Waals surface area contributed by atoms with Crippen molar-refractivity contribution in [1.29, 1.82) is 0 Å². The summed E-state index contributed by atoms with van der Waals surface area (Å²) in [6.07, 6.45) is 0. The van der Waals surface area contributed by atoms with Gasteiger partial charge in [0.1, 0.15) is 11.2 Å². The van der Waals surface area contributed by atoms with Crippen LogP contribution >= 0.6 is 22.7 Å². The molecular formula is C28H16OS2. The van der Waals surface area contributed by atoms with Gasteiger partial charge in [-0.2, -0.15) is 0 Å². The van der Waals surface area contributed by atoms with Crippen LogP contribution in [0.1, 0.15) is 0 Å². The third kappa shape index (κ3) is 2.48. The maximum absolute atomic E-state index is 6.56. The van der Waals surface area contributed by atoms with Gasteiger partial charge in [-0.15, -0.1) is 22.7 Å². The molecule has 0 fully saturated rings. The Morgan fingerprint density at radius 2 is 0.935 bits per heavy atom. The first-order valence-corrected chi connectivity index (χ1v) is 12.0. The van der Waals surface area contributed by atoms with Gasteiger partial charge < -0.3 is 4.42 Å². The van der Waals surface area contributed by atoms with Crippen LogP contribution < -0.4 is 0 Å². The van der Waals surface area contributed by atoms with Crippen molar-refractivity contribution in [3.63, 3.8) is 0 Å². The summed E-state index contributed by atoms with van der Waals surface area (Å²) in [5.41, 5.74) is 4.37. The largest absolute Gasteiger partial charge is 0.456 e. The van der Waals surface area contributed by atoms with Crippen LogP contribution in [0.5, 0.6) is 0 Å². The quantitative estimate of drug-likeness (QED) is 0.265. The summed E-state index contributed by atoms with van der Waals surface area (Å²) >= 11 is 3.54. The van der Waals surface area contributed by atoms with Gasteiger partial charge in [-0.05, 0) is 56.6 Å². The van der Waals surface area contributed by atoms with Gasteiger partial charge in [0.15, 0.2) is 0 Å². The zero-order valence-electron chi connectivity index (χ0n) is 16.5. The van der Waals surface area contributed by atoms with Crippen molar-refractivity contribution in [2.75, 3.05) is 0 Å². The lowest BCUT2D eigenvalue weighted by molar-refractivity contribution is 0.670. The first kappa shape index (κ1) is 17.3. The van der Waals surface area contributed by atoms with E-state index in [-0.39, 0.29) is 0 Å². The predicted octanol–water partition coefficient (Wildman–Crippen LogP) is 9.35. The summed E-state index contributed by atoms with van der Waals surface area (Å²) in [6.45, 7) is 0. The van der Waals surface area contributed by atoms with E-state index >= 15 is 0 Å². The summed E-state index contributed by atoms with van der Waals surface area (Å²) < 4.78 is 6.56. The van der Waals surface area contributed by atoms with Gasteiger partial charge in [-0.25, -0.2) is 0 Å². The molecule has 0 N–H and O–H groups in total. The molecule has 0 spiro atoms. The molecule has 3 heterocycles. The normalized spacial score (nSPS) is 11.9. The Kier molecular flexibility index (Phi) is 3.65. The molecule has 0 aliphatic heterocycles. The zero-order valence-corrected chi connectivity index (χ0v) is 18.1. The molecule has 7 aromatic rings. The topological polar surface area (TPSA) is 13.1 Å². The predicted molar refractivity (Wildman–Crippen MR) is 135 cm³/mol. The van der Waals surface area contributed by atoms with E-state index in [9.17, 15) is 0 Å². The summed E-state index contributed by atoms with van der Waals surface area (Å²) in [6, 6.07) is 30.5. The number of hydrogen-bond acceptors (Lipinski definition) is 3. The molecule has 0 aliphatic rings. The van der Waals surface area contributed by atoms with Crippen molar-refractivity contribution in [3.8, 4) is 20.9 Å². The van der Waals surface area contributed by atoms with Crippen LogP contribution in [0.15, 0.2) is 100 Å². The minimum atomic E-state index is 0.950. The van der Waals surface area contributed by atoms with Gasteiger partial charge in [-0.1, -0.05) is 60.7 Å². The van der Waals surface area contributed by atoms with Crippen molar-refractivity contribution < 1.29 is 4.42 Å². The standard InChI is InChI=1S/C28H16OS2/c1-3-9-19-17(7-1)21(25-11-5-13-30-25)15-23-27(19)28-20-10-4-2-8-18(20)22(16-24(28)29-23)26-12-6-14-31-26/h1-16H. The van der Waals surface area contributed by atoms with Crippen molar-refractivity contribution in [3.05, 3.63) is 95.7 Å². The van der Waals surface area contributed by atoms with Crippen LogP contribution in [0.3, 0.4) is 0 Å². The number of furan rings is 1. The molecule has 4 aromatic carbocycles. The molecule has 0 aliphatic carbocycles. The molecule has 31 heavy (non-hydrogen) atoms. The van der Waals surface area contributed by atoms with Gasteiger partial charge in [0.25, 0.3) is 0 Å². The third-order valence-corrected chi connectivity index (χ3v) is 7.87. The maximum Gasteiger partial charge on any atom is 0.136 e. The summed E-state index contributed by atoms with van der Waals surface area (Å²) in [4.78, 5) is 2.53. The highest BCUT2D eigenvalue weighted by Crippen LogP contribution is 2.45. The molecule has 3 heteroatoms. The van der Waals surface area contributed by atoms with Crippen LogP contribution in [0.4, 0.5) is 0 Å². The second kappa shape index (κ2) is 6.55. The lowest BCUT2D eigenvalue weighted by Gasteiger charge is -2.08. The van der Waals surface area contributed by atoms with Gasteiger partial charge in [0.2, 0.25) is 0 Å². The van der Waals surface area contributed by atoms with Crippen molar-refractivity contribution in [1.82, 2.24) is 0 Å². The highest BCUT2D eigenvalue weighted by molar-refractivity contribution is 7.14. The second-order valence-corrected chi connectivity index (χ2v) is 9.64. The fourth-order valence-electron chi connectivity index (χ4n) is 4.77. The Labute approximate surface area is 186 Å². The van der Waals surface area contributed by atoms with E-state index < -0.39 is 0 Å². The first-order chi connectivity index (χ1) is 15.4. The highest BCUT2D eigenvalue weighted by atomic mass is 32.1. The fourth-order valence-corrected chi connectivity index (χ4v) is 6.28. The van der Waals surface area contributed by atoms with Gasteiger partial charge in [0, 0.05) is 31.7 Å². The Morgan fingerprint density at radius 1 is 0.484 bits per heavy atom. The van der Waals surface area contributed by atoms with E-state index in [1.165, 1.54) is 53.2 Å². The Bertz CT molecular complexity index is 1590. The van der Waals surface area contributed by atoms with Crippen molar-refractivity contribution >= 4 is 66.2 Å². The molecule has 1 nitrogen and oxygen atoms in total. The molecule has 0 amide bonds.